The molecule has 2 heterocycles. The zero-order valence-electron chi connectivity index (χ0n) is 13.1. The van der Waals surface area contributed by atoms with Crippen LogP contribution in [0.3, 0.4) is 0 Å². The number of carbonyl (C=O) groups excluding carboxylic acids is 2. The lowest BCUT2D eigenvalue weighted by atomic mass is 10.1. The molecule has 2 aromatic rings. The van der Waals surface area contributed by atoms with Crippen LogP contribution in [0.1, 0.15) is 0 Å². The van der Waals surface area contributed by atoms with Gasteiger partial charge in [-0.1, -0.05) is 18.2 Å². The smallest absolute Gasteiger partial charge is 0.355 e. The number of H-pyrrole nitrogens is 1. The zero-order chi connectivity index (χ0) is 17.1. The quantitative estimate of drug-likeness (QED) is 0.870. The van der Waals surface area contributed by atoms with Crippen LogP contribution in [0.25, 0.3) is 10.9 Å². The lowest BCUT2D eigenvalue weighted by molar-refractivity contribution is -0.139. The summed E-state index contributed by atoms with van der Waals surface area (Å²) in [5.41, 5.74) is 1.56. The molecule has 0 saturated heterocycles. The Bertz CT molecular complexity index is 892. The van der Waals surface area contributed by atoms with Gasteiger partial charge in [0.15, 0.2) is 0 Å². The van der Waals surface area contributed by atoms with Crippen LogP contribution in [0.5, 0.6) is 0 Å². The van der Waals surface area contributed by atoms with E-state index in [0.29, 0.717) is 5.69 Å². The van der Waals surface area contributed by atoms with Crippen LogP contribution in [0.15, 0.2) is 60.1 Å². The maximum absolute atomic E-state index is 12.4. The van der Waals surface area contributed by atoms with E-state index in [1.54, 1.807) is 29.4 Å². The average molecular weight is 325 g/mol. The van der Waals surface area contributed by atoms with E-state index in [0.717, 1.165) is 10.9 Å². The van der Waals surface area contributed by atoms with E-state index in [9.17, 15) is 9.59 Å². The third-order valence-corrected chi connectivity index (χ3v) is 3.60. The molecule has 0 unspecified atom stereocenters. The Morgan fingerprint density at radius 2 is 1.92 bits per heavy atom. The SMILES string of the molecule is COC(=O)C1=C(C(=O)OC)N(c2cccc3cn[nH]c23)C=CC=C1. The fourth-order valence-corrected chi connectivity index (χ4v) is 2.51. The highest BCUT2D eigenvalue weighted by atomic mass is 16.5. The van der Waals surface area contributed by atoms with Gasteiger partial charge in [0.1, 0.15) is 5.70 Å². The number of fused-ring (bicyclic) bond motifs is 1. The Morgan fingerprint density at radius 1 is 1.12 bits per heavy atom. The minimum atomic E-state index is -0.650. The molecule has 0 amide bonds. The van der Waals surface area contributed by atoms with Crippen molar-refractivity contribution in [2.75, 3.05) is 19.1 Å². The van der Waals surface area contributed by atoms with Crippen LogP contribution in [0, 0.1) is 0 Å². The van der Waals surface area contributed by atoms with E-state index in [1.165, 1.54) is 20.3 Å². The minimum absolute atomic E-state index is 0.0662. The summed E-state index contributed by atoms with van der Waals surface area (Å²) in [6.07, 6.45) is 8.24. The first kappa shape index (κ1) is 15.5. The minimum Gasteiger partial charge on any atom is -0.465 e. The number of methoxy groups -OCH3 is 2. The van der Waals surface area contributed by atoms with Crippen LogP contribution in [0.4, 0.5) is 5.69 Å². The van der Waals surface area contributed by atoms with E-state index in [2.05, 4.69) is 10.2 Å². The summed E-state index contributed by atoms with van der Waals surface area (Å²) >= 11 is 0. The van der Waals surface area contributed by atoms with Crippen molar-refractivity contribution in [2.24, 2.45) is 0 Å². The first-order valence-electron chi connectivity index (χ1n) is 7.14. The molecular formula is C17H15N3O4. The van der Waals surface area contributed by atoms with Crippen molar-refractivity contribution in [3.63, 3.8) is 0 Å². The topological polar surface area (TPSA) is 84.5 Å². The van der Waals surface area contributed by atoms with Crippen molar-refractivity contribution in [1.82, 2.24) is 10.2 Å². The molecule has 1 aliphatic rings. The van der Waals surface area contributed by atoms with Gasteiger partial charge in [-0.25, -0.2) is 9.59 Å². The van der Waals surface area contributed by atoms with Gasteiger partial charge in [0, 0.05) is 11.6 Å². The number of anilines is 1. The third kappa shape index (κ3) is 2.56. The van der Waals surface area contributed by atoms with Gasteiger partial charge >= 0.3 is 11.9 Å². The molecule has 0 fully saturated rings. The molecule has 122 valence electrons. The summed E-state index contributed by atoms with van der Waals surface area (Å²) in [5, 5.41) is 7.81. The Morgan fingerprint density at radius 3 is 2.67 bits per heavy atom. The molecule has 1 N–H and O–H groups in total. The van der Waals surface area contributed by atoms with Gasteiger partial charge in [0.25, 0.3) is 0 Å². The number of para-hydroxylation sites is 1. The number of benzene rings is 1. The van der Waals surface area contributed by atoms with E-state index < -0.39 is 11.9 Å². The Kier molecular flexibility index (Phi) is 4.15. The van der Waals surface area contributed by atoms with Gasteiger partial charge < -0.3 is 14.4 Å². The molecule has 7 heteroatoms. The van der Waals surface area contributed by atoms with Crippen LogP contribution < -0.4 is 4.90 Å². The third-order valence-electron chi connectivity index (χ3n) is 3.60. The Labute approximate surface area is 137 Å². The molecule has 0 spiro atoms. The Balaban J connectivity index is 2.26. The van der Waals surface area contributed by atoms with E-state index >= 15 is 0 Å². The number of aromatic amines is 1. The van der Waals surface area contributed by atoms with Gasteiger partial charge in [-0.3, -0.25) is 5.10 Å². The lowest BCUT2D eigenvalue weighted by Gasteiger charge is -2.23. The molecule has 1 aliphatic heterocycles. The number of esters is 2. The highest BCUT2D eigenvalue weighted by molar-refractivity contribution is 6.07. The summed E-state index contributed by atoms with van der Waals surface area (Å²) in [4.78, 5) is 26.1. The molecule has 0 aliphatic carbocycles. The number of hydrogen-bond donors (Lipinski definition) is 1. The van der Waals surface area contributed by atoms with Crippen molar-refractivity contribution >= 4 is 28.5 Å². The molecular weight excluding hydrogens is 310 g/mol. The number of hydrogen-bond acceptors (Lipinski definition) is 6. The van der Waals surface area contributed by atoms with Gasteiger partial charge in [0.05, 0.1) is 37.2 Å². The lowest BCUT2D eigenvalue weighted by Crippen LogP contribution is -2.27. The number of nitrogens with one attached hydrogen (secondary N) is 1. The molecule has 0 atom stereocenters. The van der Waals surface area contributed by atoms with Crippen molar-refractivity contribution in [1.29, 1.82) is 0 Å². The molecule has 3 rings (SSSR count). The van der Waals surface area contributed by atoms with Gasteiger partial charge in [-0.05, 0) is 18.2 Å². The zero-order valence-corrected chi connectivity index (χ0v) is 13.1. The summed E-state index contributed by atoms with van der Waals surface area (Å²) in [7, 11) is 2.52. The van der Waals surface area contributed by atoms with Gasteiger partial charge in [0.2, 0.25) is 0 Å². The standard InChI is InChI=1S/C17H15N3O4/c1-23-16(21)12-7-3-4-9-20(15(12)17(22)24-2)13-8-5-6-11-10-18-19-14(11)13/h3-10H,1-2H3,(H,18,19). The molecule has 1 aromatic heterocycles. The summed E-state index contributed by atoms with van der Waals surface area (Å²) in [6, 6.07) is 5.55. The predicted molar refractivity (Wildman–Crippen MR) is 87.9 cm³/mol. The summed E-state index contributed by atoms with van der Waals surface area (Å²) < 4.78 is 9.67. The number of allylic oxidation sites excluding steroid dienone is 2. The van der Waals surface area contributed by atoms with Crippen LogP contribution in [-0.4, -0.2) is 36.4 Å². The molecule has 1 aromatic carbocycles. The van der Waals surface area contributed by atoms with E-state index in [4.69, 9.17) is 9.47 Å². The maximum Gasteiger partial charge on any atom is 0.355 e. The normalized spacial score (nSPS) is 14.0. The van der Waals surface area contributed by atoms with Crippen LogP contribution in [-0.2, 0) is 19.1 Å². The number of rotatable bonds is 3. The fourth-order valence-electron chi connectivity index (χ4n) is 2.51. The summed E-state index contributed by atoms with van der Waals surface area (Å²) in [5.74, 6) is -1.28. The molecule has 0 radical (unpaired) electrons. The largest absolute Gasteiger partial charge is 0.465 e. The van der Waals surface area contributed by atoms with Crippen LogP contribution >= 0.6 is 0 Å². The summed E-state index contributed by atoms with van der Waals surface area (Å²) in [6.45, 7) is 0. The molecule has 7 nitrogen and oxygen atoms in total. The average Bonchev–Trinajstić information content (AvgIpc) is 2.99. The van der Waals surface area contributed by atoms with E-state index in [1.807, 2.05) is 18.2 Å². The van der Waals surface area contributed by atoms with Crippen molar-refractivity contribution in [3.05, 3.63) is 60.1 Å². The highest BCUT2D eigenvalue weighted by Gasteiger charge is 2.28. The van der Waals surface area contributed by atoms with E-state index in [-0.39, 0.29) is 11.3 Å². The number of ether oxygens (including phenoxy) is 2. The van der Waals surface area contributed by atoms with Gasteiger partial charge in [-0.15, -0.1) is 0 Å². The first-order valence-corrected chi connectivity index (χ1v) is 7.14. The first-order chi connectivity index (χ1) is 11.7. The molecule has 0 saturated carbocycles. The predicted octanol–water partition coefficient (Wildman–Crippen LogP) is 2.05. The number of nitrogens with zero attached hydrogens (tertiary/aromatic N) is 2. The maximum atomic E-state index is 12.4. The molecule has 24 heavy (non-hydrogen) atoms. The Hall–Kier alpha value is -3.35. The second-order valence-electron chi connectivity index (χ2n) is 4.93. The van der Waals surface area contributed by atoms with Crippen molar-refractivity contribution in [3.8, 4) is 0 Å². The highest BCUT2D eigenvalue weighted by Crippen LogP contribution is 2.31. The van der Waals surface area contributed by atoms with Crippen molar-refractivity contribution < 1.29 is 19.1 Å². The number of aromatic nitrogens is 2. The van der Waals surface area contributed by atoms with Crippen molar-refractivity contribution in [2.45, 2.75) is 0 Å². The second-order valence-corrected chi connectivity index (χ2v) is 4.93. The van der Waals surface area contributed by atoms with Crippen LogP contribution in [0.2, 0.25) is 0 Å². The monoisotopic (exact) mass is 325 g/mol. The fraction of sp³-hybridized carbons (Fsp3) is 0.118. The molecule has 0 bridgehead atoms. The number of carbonyl (C=O) groups is 2. The second kappa shape index (κ2) is 6.41. The van der Waals surface area contributed by atoms with Gasteiger partial charge in [-0.2, -0.15) is 5.10 Å².